The van der Waals surface area contributed by atoms with Crippen LogP contribution in [0, 0.1) is 5.41 Å². The van der Waals surface area contributed by atoms with Crippen LogP contribution in [-0.4, -0.2) is 46.6 Å². The monoisotopic (exact) mass is 304 g/mol. The van der Waals surface area contributed by atoms with Crippen molar-refractivity contribution < 1.29 is 14.7 Å². The molecular formula is C15H20N4O3. The lowest BCUT2D eigenvalue weighted by Crippen LogP contribution is -2.41. The van der Waals surface area contributed by atoms with Gasteiger partial charge in [0.15, 0.2) is 11.5 Å². The topological polar surface area (TPSA) is 95.4 Å². The number of carboxylic acids is 1. The van der Waals surface area contributed by atoms with Crippen LogP contribution < -0.4 is 10.2 Å². The van der Waals surface area contributed by atoms with Crippen molar-refractivity contribution in [1.82, 2.24) is 15.3 Å². The van der Waals surface area contributed by atoms with Gasteiger partial charge in [0.05, 0.1) is 0 Å². The molecule has 2 saturated heterocycles. The molecule has 0 aromatic carbocycles. The number of carbonyl (C=O) groups is 2. The van der Waals surface area contributed by atoms with E-state index in [0.717, 1.165) is 45.3 Å². The molecule has 3 rings (SSSR count). The first kappa shape index (κ1) is 14.7. The Hall–Kier alpha value is -2.18. The molecule has 118 valence electrons. The number of aromatic nitrogens is 2. The summed E-state index contributed by atoms with van der Waals surface area (Å²) in [7, 11) is 0. The molecule has 1 amide bonds. The highest BCUT2D eigenvalue weighted by molar-refractivity contribution is 5.90. The molecule has 1 spiro atoms. The highest BCUT2D eigenvalue weighted by Crippen LogP contribution is 2.41. The fourth-order valence-corrected chi connectivity index (χ4v) is 3.46. The second kappa shape index (κ2) is 5.90. The van der Waals surface area contributed by atoms with Gasteiger partial charge in [0.2, 0.25) is 5.91 Å². The standard InChI is InChI=1S/C15H20N4O3/c20-11-1-2-15(3-6-16-11)4-9-19(10-5-15)13-12(14(21)22)17-7-8-18-13/h7-8H,1-6,9-10H2,(H,16,20)(H,21,22). The lowest BCUT2D eigenvalue weighted by atomic mass is 9.73. The Kier molecular flexibility index (Phi) is 3.96. The Labute approximate surface area is 128 Å². The van der Waals surface area contributed by atoms with Crippen molar-refractivity contribution in [2.45, 2.75) is 32.1 Å². The fraction of sp³-hybridized carbons (Fsp3) is 0.600. The molecule has 0 radical (unpaired) electrons. The van der Waals surface area contributed by atoms with E-state index in [4.69, 9.17) is 0 Å². The molecule has 0 atom stereocenters. The van der Waals surface area contributed by atoms with Crippen molar-refractivity contribution in [3.63, 3.8) is 0 Å². The summed E-state index contributed by atoms with van der Waals surface area (Å²) in [6.45, 7) is 2.25. The molecule has 7 nitrogen and oxygen atoms in total. The summed E-state index contributed by atoms with van der Waals surface area (Å²) in [5, 5.41) is 12.2. The van der Waals surface area contributed by atoms with Crippen molar-refractivity contribution in [1.29, 1.82) is 0 Å². The molecule has 7 heteroatoms. The van der Waals surface area contributed by atoms with Crippen LogP contribution >= 0.6 is 0 Å². The van der Waals surface area contributed by atoms with Crippen molar-refractivity contribution in [3.8, 4) is 0 Å². The third kappa shape index (κ3) is 2.88. The summed E-state index contributed by atoms with van der Waals surface area (Å²) >= 11 is 0. The minimum Gasteiger partial charge on any atom is -0.476 e. The Balaban J connectivity index is 1.72. The SMILES string of the molecule is O=C1CCC2(CCN1)CCN(c1nccnc1C(=O)O)CC2. The van der Waals surface area contributed by atoms with Crippen LogP contribution in [0.4, 0.5) is 5.82 Å². The summed E-state index contributed by atoms with van der Waals surface area (Å²) in [4.78, 5) is 32.9. The van der Waals surface area contributed by atoms with Gasteiger partial charge in [-0.15, -0.1) is 0 Å². The van der Waals surface area contributed by atoms with Crippen molar-refractivity contribution in [3.05, 3.63) is 18.1 Å². The van der Waals surface area contributed by atoms with Crippen LogP contribution in [0.2, 0.25) is 0 Å². The molecule has 2 fully saturated rings. The van der Waals surface area contributed by atoms with Gasteiger partial charge in [-0.05, 0) is 31.1 Å². The van der Waals surface area contributed by atoms with Gasteiger partial charge in [-0.25, -0.2) is 14.8 Å². The number of anilines is 1. The van der Waals surface area contributed by atoms with Crippen LogP contribution in [-0.2, 0) is 4.79 Å². The van der Waals surface area contributed by atoms with E-state index in [0.29, 0.717) is 12.2 Å². The van der Waals surface area contributed by atoms with E-state index >= 15 is 0 Å². The normalized spacial score (nSPS) is 21.3. The van der Waals surface area contributed by atoms with E-state index in [1.165, 1.54) is 12.4 Å². The molecule has 0 aliphatic carbocycles. The van der Waals surface area contributed by atoms with Gasteiger partial charge in [0.1, 0.15) is 0 Å². The van der Waals surface area contributed by atoms with Crippen LogP contribution in [0.3, 0.4) is 0 Å². The maximum atomic E-state index is 11.5. The van der Waals surface area contributed by atoms with E-state index in [2.05, 4.69) is 15.3 Å². The third-order valence-electron chi connectivity index (χ3n) is 4.87. The molecule has 0 unspecified atom stereocenters. The molecule has 1 aromatic heterocycles. The lowest BCUT2D eigenvalue weighted by molar-refractivity contribution is -0.120. The predicted octanol–water partition coefficient (Wildman–Crippen LogP) is 1.06. The molecule has 1 aromatic rings. The maximum Gasteiger partial charge on any atom is 0.358 e. The predicted molar refractivity (Wildman–Crippen MR) is 79.7 cm³/mol. The first-order valence-electron chi connectivity index (χ1n) is 7.66. The number of amides is 1. The molecule has 0 saturated carbocycles. The number of nitrogens with one attached hydrogen (secondary N) is 1. The van der Waals surface area contributed by atoms with Crippen LogP contribution in [0.25, 0.3) is 0 Å². The Morgan fingerprint density at radius 1 is 1.18 bits per heavy atom. The maximum absolute atomic E-state index is 11.5. The van der Waals surface area contributed by atoms with Gasteiger partial charge in [0.25, 0.3) is 0 Å². The van der Waals surface area contributed by atoms with Crippen molar-refractivity contribution in [2.75, 3.05) is 24.5 Å². The number of nitrogens with zero attached hydrogens (tertiary/aromatic N) is 3. The quantitative estimate of drug-likeness (QED) is 0.848. The average molecular weight is 304 g/mol. The Morgan fingerprint density at radius 2 is 1.91 bits per heavy atom. The van der Waals surface area contributed by atoms with Gasteiger partial charge in [-0.3, -0.25) is 4.79 Å². The van der Waals surface area contributed by atoms with Gasteiger partial charge < -0.3 is 15.3 Å². The van der Waals surface area contributed by atoms with Gasteiger partial charge in [0, 0.05) is 38.4 Å². The summed E-state index contributed by atoms with van der Waals surface area (Å²) in [5.41, 5.74) is 0.206. The second-order valence-electron chi connectivity index (χ2n) is 6.12. The number of hydrogen-bond donors (Lipinski definition) is 2. The number of piperidine rings is 1. The number of hydrogen-bond acceptors (Lipinski definition) is 5. The number of aromatic carboxylic acids is 1. The molecular weight excluding hydrogens is 284 g/mol. The van der Waals surface area contributed by atoms with E-state index in [1.807, 2.05) is 4.90 Å². The second-order valence-corrected chi connectivity index (χ2v) is 6.12. The number of carboxylic acid groups (broad SMARTS) is 1. The first-order chi connectivity index (χ1) is 10.6. The van der Waals surface area contributed by atoms with Gasteiger partial charge in [-0.2, -0.15) is 0 Å². The highest BCUT2D eigenvalue weighted by Gasteiger charge is 2.37. The third-order valence-corrected chi connectivity index (χ3v) is 4.87. The largest absolute Gasteiger partial charge is 0.476 e. The molecule has 2 aliphatic rings. The van der Waals surface area contributed by atoms with Gasteiger partial charge >= 0.3 is 5.97 Å². The minimum absolute atomic E-state index is 0.0103. The fourth-order valence-electron chi connectivity index (χ4n) is 3.46. The first-order valence-corrected chi connectivity index (χ1v) is 7.66. The van der Waals surface area contributed by atoms with Crippen LogP contribution in [0.1, 0.15) is 42.6 Å². The van der Waals surface area contributed by atoms with E-state index in [-0.39, 0.29) is 17.0 Å². The van der Waals surface area contributed by atoms with Crippen LogP contribution in [0.5, 0.6) is 0 Å². The van der Waals surface area contributed by atoms with Gasteiger partial charge in [-0.1, -0.05) is 0 Å². The van der Waals surface area contributed by atoms with E-state index < -0.39 is 5.97 Å². The number of rotatable bonds is 2. The zero-order chi connectivity index (χ0) is 15.6. The van der Waals surface area contributed by atoms with Crippen LogP contribution in [0.15, 0.2) is 12.4 Å². The van der Waals surface area contributed by atoms with Crippen molar-refractivity contribution >= 4 is 17.7 Å². The summed E-state index contributed by atoms with van der Waals surface area (Å²) < 4.78 is 0. The summed E-state index contributed by atoms with van der Waals surface area (Å²) in [6, 6.07) is 0. The summed E-state index contributed by atoms with van der Waals surface area (Å²) in [5.74, 6) is -0.457. The molecule has 2 N–H and O–H groups in total. The zero-order valence-corrected chi connectivity index (χ0v) is 12.4. The minimum atomic E-state index is -1.05. The highest BCUT2D eigenvalue weighted by atomic mass is 16.4. The van der Waals surface area contributed by atoms with E-state index in [9.17, 15) is 14.7 Å². The molecule has 3 heterocycles. The number of carbonyl (C=O) groups excluding carboxylic acids is 1. The molecule has 22 heavy (non-hydrogen) atoms. The molecule has 2 aliphatic heterocycles. The smallest absolute Gasteiger partial charge is 0.358 e. The lowest BCUT2D eigenvalue weighted by Gasteiger charge is -2.41. The van der Waals surface area contributed by atoms with E-state index in [1.54, 1.807) is 0 Å². The Morgan fingerprint density at radius 3 is 2.64 bits per heavy atom. The summed E-state index contributed by atoms with van der Waals surface area (Å²) in [6.07, 6.45) is 7.35. The Bertz CT molecular complexity index is 582. The van der Waals surface area contributed by atoms with Crippen molar-refractivity contribution in [2.24, 2.45) is 5.41 Å². The molecule has 0 bridgehead atoms. The zero-order valence-electron chi connectivity index (χ0n) is 12.4. The average Bonchev–Trinajstić information content (AvgIpc) is 2.71.